The molecule has 0 fully saturated rings. The van der Waals surface area contributed by atoms with E-state index in [4.69, 9.17) is 5.84 Å². The molecular weight excluding hydrogens is 254 g/mol. The summed E-state index contributed by atoms with van der Waals surface area (Å²) >= 11 is 3.49. The van der Waals surface area contributed by atoms with Crippen molar-refractivity contribution in [2.24, 2.45) is 5.84 Å². The predicted octanol–water partition coefficient (Wildman–Crippen LogP) is 2.80. The van der Waals surface area contributed by atoms with Crippen LogP contribution in [0.15, 0.2) is 47.1 Å². The molecule has 0 amide bonds. The van der Waals surface area contributed by atoms with Gasteiger partial charge in [-0.1, -0.05) is 34.1 Å². The lowest BCUT2D eigenvalue weighted by Gasteiger charge is -2.05. The fraction of sp³-hybridized carbons (Fsp3) is 0. The third-order valence-electron chi connectivity index (χ3n) is 2.08. The molecule has 0 atom stereocenters. The molecule has 1 heterocycles. The highest BCUT2D eigenvalue weighted by Gasteiger charge is 2.03. The molecule has 0 radical (unpaired) electrons. The predicted molar refractivity (Wildman–Crippen MR) is 65.2 cm³/mol. The van der Waals surface area contributed by atoms with E-state index >= 15 is 0 Å². The fourth-order valence-electron chi connectivity index (χ4n) is 1.34. The van der Waals surface area contributed by atoms with E-state index in [-0.39, 0.29) is 0 Å². The van der Waals surface area contributed by atoms with E-state index in [0.717, 1.165) is 21.4 Å². The maximum Gasteiger partial charge on any atom is 0.0734 e. The summed E-state index contributed by atoms with van der Waals surface area (Å²) in [6, 6.07) is 11.7. The number of aromatic nitrogens is 1. The minimum atomic E-state index is 0.843. The average Bonchev–Trinajstić information content (AvgIpc) is 2.30. The molecule has 2 rings (SSSR count). The minimum absolute atomic E-state index is 0.843. The van der Waals surface area contributed by atoms with Crippen molar-refractivity contribution >= 4 is 21.6 Å². The first kappa shape index (κ1) is 10.1. The summed E-state index contributed by atoms with van der Waals surface area (Å²) in [4.78, 5) is 4.29. The quantitative estimate of drug-likeness (QED) is 0.647. The van der Waals surface area contributed by atoms with Gasteiger partial charge in [0.05, 0.1) is 11.4 Å². The SMILES string of the molecule is NNc1ccnc(-c2ccccc2Br)c1. The third kappa shape index (κ3) is 2.16. The highest BCUT2D eigenvalue weighted by atomic mass is 79.9. The first-order valence-corrected chi connectivity index (χ1v) is 5.28. The number of halogens is 1. The van der Waals surface area contributed by atoms with E-state index in [1.807, 2.05) is 36.4 Å². The Hall–Kier alpha value is -1.39. The Balaban J connectivity index is 2.49. The highest BCUT2D eigenvalue weighted by molar-refractivity contribution is 9.10. The number of hydrogen-bond donors (Lipinski definition) is 2. The van der Waals surface area contributed by atoms with E-state index in [9.17, 15) is 0 Å². The topological polar surface area (TPSA) is 50.9 Å². The Morgan fingerprint density at radius 3 is 2.73 bits per heavy atom. The van der Waals surface area contributed by atoms with Crippen LogP contribution in [0.5, 0.6) is 0 Å². The minimum Gasteiger partial charge on any atom is -0.324 e. The van der Waals surface area contributed by atoms with E-state index in [1.165, 1.54) is 0 Å². The molecule has 0 bridgehead atoms. The van der Waals surface area contributed by atoms with Crippen molar-refractivity contribution in [3.05, 3.63) is 47.1 Å². The zero-order valence-electron chi connectivity index (χ0n) is 7.94. The zero-order valence-corrected chi connectivity index (χ0v) is 9.53. The van der Waals surface area contributed by atoms with Gasteiger partial charge in [-0.15, -0.1) is 0 Å². The van der Waals surface area contributed by atoms with Gasteiger partial charge in [0.1, 0.15) is 0 Å². The van der Waals surface area contributed by atoms with E-state index in [1.54, 1.807) is 6.20 Å². The molecule has 0 saturated heterocycles. The summed E-state index contributed by atoms with van der Waals surface area (Å²) in [6.07, 6.45) is 1.73. The van der Waals surface area contributed by atoms with Gasteiger partial charge in [0.15, 0.2) is 0 Å². The van der Waals surface area contributed by atoms with Gasteiger partial charge in [-0.3, -0.25) is 10.8 Å². The molecule has 15 heavy (non-hydrogen) atoms. The van der Waals surface area contributed by atoms with Crippen molar-refractivity contribution in [1.29, 1.82) is 0 Å². The van der Waals surface area contributed by atoms with Gasteiger partial charge in [-0.25, -0.2) is 0 Å². The maximum atomic E-state index is 5.35. The fourth-order valence-corrected chi connectivity index (χ4v) is 1.82. The molecule has 2 aromatic rings. The van der Waals surface area contributed by atoms with Gasteiger partial charge < -0.3 is 5.43 Å². The van der Waals surface area contributed by atoms with E-state index < -0.39 is 0 Å². The molecule has 4 heteroatoms. The van der Waals surface area contributed by atoms with Crippen LogP contribution in [0.4, 0.5) is 5.69 Å². The van der Waals surface area contributed by atoms with Crippen molar-refractivity contribution < 1.29 is 0 Å². The Bertz CT molecular complexity index is 471. The summed E-state index contributed by atoms with van der Waals surface area (Å²) < 4.78 is 1.02. The summed E-state index contributed by atoms with van der Waals surface area (Å²) in [5, 5.41) is 0. The van der Waals surface area contributed by atoms with Gasteiger partial charge in [-0.05, 0) is 18.2 Å². The number of hydrogen-bond acceptors (Lipinski definition) is 3. The maximum absolute atomic E-state index is 5.35. The number of nitrogens with zero attached hydrogens (tertiary/aromatic N) is 1. The summed E-state index contributed by atoms with van der Waals surface area (Å²) in [6.45, 7) is 0. The molecular formula is C11H10BrN3. The first-order valence-electron chi connectivity index (χ1n) is 4.49. The van der Waals surface area contributed by atoms with Gasteiger partial charge >= 0.3 is 0 Å². The van der Waals surface area contributed by atoms with Gasteiger partial charge in [0, 0.05) is 16.2 Å². The average molecular weight is 264 g/mol. The van der Waals surface area contributed by atoms with Crippen molar-refractivity contribution in [3.8, 4) is 11.3 Å². The Labute approximate surface area is 96.4 Å². The number of rotatable bonds is 2. The second kappa shape index (κ2) is 4.42. The van der Waals surface area contributed by atoms with Crippen LogP contribution in [0.3, 0.4) is 0 Å². The summed E-state index contributed by atoms with van der Waals surface area (Å²) in [5.74, 6) is 5.35. The molecule has 76 valence electrons. The Kier molecular flexibility index (Phi) is 2.99. The van der Waals surface area contributed by atoms with Crippen LogP contribution in [-0.4, -0.2) is 4.98 Å². The van der Waals surface area contributed by atoms with Crippen molar-refractivity contribution in [2.75, 3.05) is 5.43 Å². The Morgan fingerprint density at radius 1 is 1.20 bits per heavy atom. The lowest BCUT2D eigenvalue weighted by Crippen LogP contribution is -2.06. The van der Waals surface area contributed by atoms with Crippen LogP contribution < -0.4 is 11.3 Å². The van der Waals surface area contributed by atoms with Crippen molar-refractivity contribution in [1.82, 2.24) is 4.98 Å². The monoisotopic (exact) mass is 263 g/mol. The first-order chi connectivity index (χ1) is 7.31. The second-order valence-electron chi connectivity index (χ2n) is 3.05. The second-order valence-corrected chi connectivity index (χ2v) is 3.91. The largest absolute Gasteiger partial charge is 0.324 e. The number of nitrogens with two attached hydrogens (primary N) is 1. The van der Waals surface area contributed by atoms with Gasteiger partial charge in [0.25, 0.3) is 0 Å². The molecule has 0 unspecified atom stereocenters. The smallest absolute Gasteiger partial charge is 0.0734 e. The molecule has 0 spiro atoms. The third-order valence-corrected chi connectivity index (χ3v) is 2.77. The molecule has 0 aliphatic rings. The lowest BCUT2D eigenvalue weighted by molar-refractivity contribution is 1.28. The number of nitrogen functional groups attached to an aromatic ring is 1. The van der Waals surface area contributed by atoms with Crippen LogP contribution >= 0.6 is 15.9 Å². The number of benzene rings is 1. The number of hydrazine groups is 1. The van der Waals surface area contributed by atoms with Crippen LogP contribution in [0.1, 0.15) is 0 Å². The van der Waals surface area contributed by atoms with E-state index in [0.29, 0.717) is 0 Å². The summed E-state index contributed by atoms with van der Waals surface area (Å²) in [5.41, 5.74) is 5.38. The van der Waals surface area contributed by atoms with E-state index in [2.05, 4.69) is 26.3 Å². The summed E-state index contributed by atoms with van der Waals surface area (Å²) in [7, 11) is 0. The van der Waals surface area contributed by atoms with Crippen LogP contribution in [0, 0.1) is 0 Å². The van der Waals surface area contributed by atoms with Crippen LogP contribution in [-0.2, 0) is 0 Å². The van der Waals surface area contributed by atoms with Gasteiger partial charge in [0.2, 0.25) is 0 Å². The molecule has 0 aliphatic heterocycles. The molecule has 1 aromatic heterocycles. The zero-order chi connectivity index (χ0) is 10.7. The van der Waals surface area contributed by atoms with Crippen LogP contribution in [0.2, 0.25) is 0 Å². The molecule has 3 N–H and O–H groups in total. The number of nitrogens with one attached hydrogen (secondary N) is 1. The Morgan fingerprint density at radius 2 is 2.00 bits per heavy atom. The number of pyridine rings is 1. The lowest BCUT2D eigenvalue weighted by atomic mass is 10.1. The highest BCUT2D eigenvalue weighted by Crippen LogP contribution is 2.27. The molecule has 0 aliphatic carbocycles. The van der Waals surface area contributed by atoms with Crippen molar-refractivity contribution in [3.63, 3.8) is 0 Å². The molecule has 1 aromatic carbocycles. The van der Waals surface area contributed by atoms with Crippen molar-refractivity contribution in [2.45, 2.75) is 0 Å². The van der Waals surface area contributed by atoms with Gasteiger partial charge in [-0.2, -0.15) is 0 Å². The molecule has 0 saturated carbocycles. The standard InChI is InChI=1S/C11H10BrN3/c12-10-4-2-1-3-9(10)11-7-8(15-13)5-6-14-11/h1-7H,13H2,(H,14,15). The number of anilines is 1. The van der Waals surface area contributed by atoms with Crippen LogP contribution in [0.25, 0.3) is 11.3 Å². The molecule has 3 nitrogen and oxygen atoms in total. The normalized spacial score (nSPS) is 10.0.